The van der Waals surface area contributed by atoms with Crippen LogP contribution < -0.4 is 4.74 Å². The molecule has 4 nitrogen and oxygen atoms in total. The zero-order valence-corrected chi connectivity index (χ0v) is 13.1. The van der Waals surface area contributed by atoms with E-state index in [-0.39, 0.29) is 0 Å². The smallest absolute Gasteiger partial charge is 0.119 e. The van der Waals surface area contributed by atoms with E-state index < -0.39 is 6.10 Å². The van der Waals surface area contributed by atoms with Crippen molar-refractivity contribution < 1.29 is 9.84 Å². The van der Waals surface area contributed by atoms with Crippen LogP contribution in [-0.2, 0) is 6.54 Å². The van der Waals surface area contributed by atoms with E-state index >= 15 is 0 Å². The molecule has 0 amide bonds. The number of hydrogen-bond acceptors (Lipinski definition) is 3. The number of benzene rings is 1. The van der Waals surface area contributed by atoms with Crippen LogP contribution in [0, 0.1) is 0 Å². The fourth-order valence-corrected chi connectivity index (χ4v) is 2.60. The molecule has 2 rings (SSSR count). The molecule has 0 saturated heterocycles. The molecule has 1 aromatic heterocycles. The number of aryl methyl sites for hydroxylation is 1. The van der Waals surface area contributed by atoms with E-state index in [1.165, 1.54) is 0 Å². The Balaban J connectivity index is 1.91. The fraction of sp³-hybridized carbons (Fsp3) is 0.400. The van der Waals surface area contributed by atoms with Crippen molar-refractivity contribution in [1.29, 1.82) is 0 Å². The maximum Gasteiger partial charge on any atom is 0.119 e. The number of nitrogens with zero attached hydrogens (tertiary/aromatic N) is 2. The number of ether oxygens (including phenoxy) is 1. The van der Waals surface area contributed by atoms with Crippen molar-refractivity contribution in [2.24, 2.45) is 0 Å². The van der Waals surface area contributed by atoms with E-state index in [4.69, 9.17) is 4.74 Å². The average molecular weight is 339 g/mol. The highest BCUT2D eigenvalue weighted by Crippen LogP contribution is 2.26. The van der Waals surface area contributed by atoms with Crippen molar-refractivity contribution in [2.75, 3.05) is 6.61 Å². The van der Waals surface area contributed by atoms with Gasteiger partial charge in [-0.1, -0.05) is 25.1 Å². The van der Waals surface area contributed by atoms with Crippen molar-refractivity contribution in [2.45, 2.75) is 32.4 Å². The largest absolute Gasteiger partial charge is 0.493 e. The Kier molecular flexibility index (Phi) is 5.61. The van der Waals surface area contributed by atoms with Gasteiger partial charge in [-0.05, 0) is 34.5 Å². The second-order valence-electron chi connectivity index (χ2n) is 4.57. The molecule has 1 heterocycles. The molecular weight excluding hydrogens is 320 g/mol. The molecule has 20 heavy (non-hydrogen) atoms. The lowest BCUT2D eigenvalue weighted by molar-refractivity contribution is 0.131. The number of rotatable bonds is 7. The number of hydrogen-bond donors (Lipinski definition) is 1. The Hall–Kier alpha value is -1.33. The van der Waals surface area contributed by atoms with Crippen molar-refractivity contribution in [3.05, 3.63) is 46.7 Å². The summed E-state index contributed by atoms with van der Waals surface area (Å²) < 4.78 is 8.30. The summed E-state index contributed by atoms with van der Waals surface area (Å²) in [5, 5.41) is 14.6. The molecule has 1 unspecified atom stereocenters. The normalized spacial score (nSPS) is 12.3. The summed E-state index contributed by atoms with van der Waals surface area (Å²) in [6.45, 7) is 3.36. The van der Waals surface area contributed by atoms with E-state index in [1.807, 2.05) is 35.0 Å². The second-order valence-corrected chi connectivity index (χ2v) is 5.42. The molecule has 0 aliphatic carbocycles. The van der Waals surface area contributed by atoms with E-state index in [0.29, 0.717) is 13.0 Å². The quantitative estimate of drug-likeness (QED) is 0.839. The van der Waals surface area contributed by atoms with Gasteiger partial charge < -0.3 is 9.84 Å². The van der Waals surface area contributed by atoms with Crippen LogP contribution in [0.4, 0.5) is 0 Å². The van der Waals surface area contributed by atoms with Crippen molar-refractivity contribution >= 4 is 15.9 Å². The summed E-state index contributed by atoms with van der Waals surface area (Å²) in [5.74, 6) is 0.820. The van der Waals surface area contributed by atoms with Crippen molar-refractivity contribution in [3.8, 4) is 5.75 Å². The number of aliphatic hydroxyl groups excluding tert-OH is 1. The third kappa shape index (κ3) is 3.84. The first-order valence-corrected chi connectivity index (χ1v) is 7.58. The van der Waals surface area contributed by atoms with Crippen LogP contribution in [0.15, 0.2) is 41.0 Å². The summed E-state index contributed by atoms with van der Waals surface area (Å²) in [6.07, 6.45) is 2.66. The van der Waals surface area contributed by atoms with Crippen LogP contribution in [0.3, 0.4) is 0 Å². The minimum absolute atomic E-state index is 0.467. The number of para-hydroxylation sites is 1. The van der Waals surface area contributed by atoms with Gasteiger partial charge in [-0.25, -0.2) is 0 Å². The van der Waals surface area contributed by atoms with Gasteiger partial charge >= 0.3 is 0 Å². The topological polar surface area (TPSA) is 47.3 Å². The van der Waals surface area contributed by atoms with Crippen LogP contribution in [0.5, 0.6) is 5.75 Å². The predicted octanol–water partition coefficient (Wildman–Crippen LogP) is 3.56. The molecule has 1 N–H and O–H groups in total. The van der Waals surface area contributed by atoms with E-state index in [1.54, 1.807) is 6.20 Å². The maximum absolute atomic E-state index is 10.3. The summed E-state index contributed by atoms with van der Waals surface area (Å²) in [6, 6.07) is 9.62. The standard InChI is InChI=1S/C15H19BrN2O2/c1-2-9-18-15(13(16)11-17-18)14(19)8-10-20-12-6-4-3-5-7-12/h3-7,11,14,19H,2,8-10H2,1H3. The lowest BCUT2D eigenvalue weighted by Crippen LogP contribution is -2.12. The van der Waals surface area contributed by atoms with Crippen LogP contribution >= 0.6 is 15.9 Å². The summed E-state index contributed by atoms with van der Waals surface area (Å²) in [4.78, 5) is 0. The highest BCUT2D eigenvalue weighted by molar-refractivity contribution is 9.10. The lowest BCUT2D eigenvalue weighted by atomic mass is 10.2. The zero-order valence-electron chi connectivity index (χ0n) is 11.5. The maximum atomic E-state index is 10.3. The first-order chi connectivity index (χ1) is 9.72. The first kappa shape index (κ1) is 15.1. The Morgan fingerprint density at radius 1 is 1.35 bits per heavy atom. The number of halogens is 1. The molecule has 0 aliphatic rings. The van der Waals surface area contributed by atoms with Gasteiger partial charge in [0.05, 0.1) is 23.0 Å². The Morgan fingerprint density at radius 2 is 2.10 bits per heavy atom. The summed E-state index contributed by atoms with van der Waals surface area (Å²) >= 11 is 3.44. The van der Waals surface area contributed by atoms with Gasteiger partial charge in [0.25, 0.3) is 0 Å². The van der Waals surface area contributed by atoms with Crippen molar-refractivity contribution in [3.63, 3.8) is 0 Å². The summed E-state index contributed by atoms with van der Waals surface area (Å²) in [5.41, 5.74) is 0.823. The second kappa shape index (κ2) is 7.45. The molecule has 5 heteroatoms. The van der Waals surface area contributed by atoms with Crippen LogP contribution in [0.25, 0.3) is 0 Å². The third-order valence-corrected chi connectivity index (χ3v) is 3.60. The van der Waals surface area contributed by atoms with Crippen LogP contribution in [0.1, 0.15) is 31.6 Å². The monoisotopic (exact) mass is 338 g/mol. The molecule has 108 valence electrons. The van der Waals surface area contributed by atoms with Gasteiger partial charge in [0.15, 0.2) is 0 Å². The van der Waals surface area contributed by atoms with Gasteiger partial charge in [-0.15, -0.1) is 0 Å². The van der Waals surface area contributed by atoms with Gasteiger partial charge in [0.2, 0.25) is 0 Å². The Bertz CT molecular complexity index is 528. The highest BCUT2D eigenvalue weighted by atomic mass is 79.9. The van der Waals surface area contributed by atoms with E-state index in [2.05, 4.69) is 28.0 Å². The minimum Gasteiger partial charge on any atom is -0.493 e. The molecule has 0 spiro atoms. The van der Waals surface area contributed by atoms with Gasteiger partial charge in [0, 0.05) is 13.0 Å². The van der Waals surface area contributed by atoms with Gasteiger partial charge in [0.1, 0.15) is 11.9 Å². The third-order valence-electron chi connectivity index (χ3n) is 2.99. The zero-order chi connectivity index (χ0) is 14.4. The minimum atomic E-state index is -0.581. The number of aromatic nitrogens is 2. The average Bonchev–Trinajstić information content (AvgIpc) is 2.81. The molecule has 0 saturated carbocycles. The Labute approximate surface area is 127 Å². The molecule has 0 aliphatic heterocycles. The van der Waals surface area contributed by atoms with Crippen molar-refractivity contribution in [1.82, 2.24) is 9.78 Å². The molecule has 2 aromatic rings. The molecule has 0 fully saturated rings. The number of aliphatic hydroxyl groups is 1. The van der Waals surface area contributed by atoms with Gasteiger partial charge in [-0.3, -0.25) is 4.68 Å². The van der Waals surface area contributed by atoms with Gasteiger partial charge in [-0.2, -0.15) is 5.10 Å². The van der Waals surface area contributed by atoms with E-state index in [0.717, 1.165) is 28.9 Å². The predicted molar refractivity (Wildman–Crippen MR) is 81.7 cm³/mol. The molecule has 1 aromatic carbocycles. The summed E-state index contributed by atoms with van der Waals surface area (Å²) in [7, 11) is 0. The first-order valence-electron chi connectivity index (χ1n) is 6.79. The molecular formula is C15H19BrN2O2. The molecule has 1 atom stereocenters. The highest BCUT2D eigenvalue weighted by Gasteiger charge is 2.17. The van der Waals surface area contributed by atoms with Crippen LogP contribution in [-0.4, -0.2) is 21.5 Å². The van der Waals surface area contributed by atoms with E-state index in [9.17, 15) is 5.11 Å². The SMILES string of the molecule is CCCn1ncc(Br)c1C(O)CCOc1ccccc1. The fourth-order valence-electron chi connectivity index (χ4n) is 2.04. The van der Waals surface area contributed by atoms with Crippen LogP contribution in [0.2, 0.25) is 0 Å². The lowest BCUT2D eigenvalue weighted by Gasteiger charge is -2.14. The molecule has 0 radical (unpaired) electrons. The molecule has 0 bridgehead atoms. The Morgan fingerprint density at radius 3 is 2.80 bits per heavy atom.